The molecule has 1 unspecified atom stereocenters. The van der Waals surface area contributed by atoms with Gasteiger partial charge in [0.15, 0.2) is 6.29 Å². The number of unbranched alkanes of at least 4 members (excludes halogenated alkanes) is 1. The van der Waals surface area contributed by atoms with Crippen molar-refractivity contribution in [2.24, 2.45) is 5.92 Å². The molecule has 0 aliphatic heterocycles. The van der Waals surface area contributed by atoms with Crippen LogP contribution in [0, 0.1) is 5.92 Å². The van der Waals surface area contributed by atoms with Gasteiger partial charge in [0.05, 0.1) is 18.3 Å². The molecule has 0 aromatic carbocycles. The van der Waals surface area contributed by atoms with E-state index in [0.29, 0.717) is 5.92 Å². The molecule has 0 N–H and O–H groups in total. The van der Waals surface area contributed by atoms with Gasteiger partial charge in [0, 0.05) is 6.61 Å². The summed E-state index contributed by atoms with van der Waals surface area (Å²) in [4.78, 5) is 0. The van der Waals surface area contributed by atoms with Gasteiger partial charge < -0.3 is 14.2 Å². The van der Waals surface area contributed by atoms with Crippen LogP contribution in [0.5, 0.6) is 0 Å². The molecule has 0 heterocycles. The van der Waals surface area contributed by atoms with Gasteiger partial charge in [-0.3, -0.25) is 0 Å². The maximum absolute atomic E-state index is 5.80. The van der Waals surface area contributed by atoms with E-state index < -0.39 is 0 Å². The lowest BCUT2D eigenvalue weighted by Crippen LogP contribution is -2.24. The van der Waals surface area contributed by atoms with Crippen molar-refractivity contribution in [3.8, 4) is 0 Å². The predicted molar refractivity (Wildman–Crippen MR) is 80.4 cm³/mol. The third-order valence-electron chi connectivity index (χ3n) is 2.41. The first-order chi connectivity index (χ1) is 8.70. The Labute approximate surface area is 120 Å². The maximum Gasteiger partial charge on any atom is 0.157 e. The van der Waals surface area contributed by atoms with Crippen molar-refractivity contribution in [1.82, 2.24) is 0 Å². The molecule has 3 nitrogen and oxygen atoms in total. The fraction of sp³-hybridized carbons (Fsp3) is 1.00. The minimum absolute atomic E-state index is 0.0397. The summed E-state index contributed by atoms with van der Waals surface area (Å²) in [5.41, 5.74) is -0.0397. The summed E-state index contributed by atoms with van der Waals surface area (Å²) in [6.07, 6.45) is 3.21. The van der Waals surface area contributed by atoms with Gasteiger partial charge in [-0.15, -0.1) is 0 Å². The van der Waals surface area contributed by atoms with Crippen LogP contribution in [0.15, 0.2) is 0 Å². The lowest BCUT2D eigenvalue weighted by atomic mass is 10.2. The van der Waals surface area contributed by atoms with Gasteiger partial charge in [0.1, 0.15) is 0 Å². The number of rotatable bonds is 10. The van der Waals surface area contributed by atoms with Crippen LogP contribution in [0.25, 0.3) is 0 Å². The molecule has 0 bridgehead atoms. The summed E-state index contributed by atoms with van der Waals surface area (Å²) in [6, 6.07) is 0. The van der Waals surface area contributed by atoms with Crippen molar-refractivity contribution in [2.75, 3.05) is 13.2 Å². The van der Waals surface area contributed by atoms with E-state index >= 15 is 0 Å². The highest BCUT2D eigenvalue weighted by molar-refractivity contribution is 4.59. The van der Waals surface area contributed by atoms with Crippen LogP contribution in [-0.2, 0) is 14.2 Å². The second-order valence-electron chi connectivity index (χ2n) is 6.80. The lowest BCUT2D eigenvalue weighted by molar-refractivity contribution is -0.171. The molecule has 19 heavy (non-hydrogen) atoms. The van der Waals surface area contributed by atoms with E-state index in [1.54, 1.807) is 0 Å². The van der Waals surface area contributed by atoms with Crippen LogP contribution in [0.3, 0.4) is 0 Å². The van der Waals surface area contributed by atoms with Crippen LogP contribution in [0.4, 0.5) is 0 Å². The zero-order valence-corrected chi connectivity index (χ0v) is 14.0. The molecule has 3 heteroatoms. The average molecular weight is 274 g/mol. The molecule has 1 atom stereocenters. The third kappa shape index (κ3) is 14.1. The van der Waals surface area contributed by atoms with E-state index in [4.69, 9.17) is 14.2 Å². The number of ether oxygens (including phenoxy) is 3. The highest BCUT2D eigenvalue weighted by atomic mass is 16.7. The van der Waals surface area contributed by atoms with Crippen LogP contribution in [-0.4, -0.2) is 31.2 Å². The van der Waals surface area contributed by atoms with Gasteiger partial charge in [-0.2, -0.15) is 0 Å². The first kappa shape index (κ1) is 18.9. The van der Waals surface area contributed by atoms with Gasteiger partial charge in [-0.25, -0.2) is 0 Å². The molecule has 0 amide bonds. The second kappa shape index (κ2) is 9.73. The van der Waals surface area contributed by atoms with E-state index in [1.165, 1.54) is 0 Å². The molecule has 0 spiro atoms. The summed E-state index contributed by atoms with van der Waals surface area (Å²) in [6.45, 7) is 16.2. The van der Waals surface area contributed by atoms with Crippen LogP contribution < -0.4 is 0 Å². The fourth-order valence-corrected chi connectivity index (χ4v) is 1.59. The highest BCUT2D eigenvalue weighted by Crippen LogP contribution is 2.13. The lowest BCUT2D eigenvalue weighted by Gasteiger charge is -2.23. The smallest absolute Gasteiger partial charge is 0.157 e. The Kier molecular flexibility index (Phi) is 9.67. The highest BCUT2D eigenvalue weighted by Gasteiger charge is 2.13. The summed E-state index contributed by atoms with van der Waals surface area (Å²) in [5, 5.41) is 0. The first-order valence-corrected chi connectivity index (χ1v) is 7.61. The van der Waals surface area contributed by atoms with Crippen LogP contribution >= 0.6 is 0 Å². The van der Waals surface area contributed by atoms with Crippen molar-refractivity contribution >= 4 is 0 Å². The zero-order chi connectivity index (χ0) is 14.9. The summed E-state index contributed by atoms with van der Waals surface area (Å²) in [7, 11) is 0. The van der Waals surface area contributed by atoms with E-state index in [9.17, 15) is 0 Å². The molecule has 0 aromatic heterocycles. The van der Waals surface area contributed by atoms with E-state index in [1.807, 2.05) is 0 Å². The molecule has 116 valence electrons. The van der Waals surface area contributed by atoms with Gasteiger partial charge >= 0.3 is 0 Å². The number of hydrogen-bond acceptors (Lipinski definition) is 3. The summed E-state index contributed by atoms with van der Waals surface area (Å²) >= 11 is 0. The Balaban J connectivity index is 3.79. The van der Waals surface area contributed by atoms with Crippen molar-refractivity contribution in [3.63, 3.8) is 0 Å². The van der Waals surface area contributed by atoms with Gasteiger partial charge in [0.25, 0.3) is 0 Å². The molecular formula is C16H34O3. The Hall–Kier alpha value is -0.120. The van der Waals surface area contributed by atoms with Crippen molar-refractivity contribution in [2.45, 2.75) is 85.7 Å². The van der Waals surface area contributed by atoms with Crippen molar-refractivity contribution < 1.29 is 14.2 Å². The average Bonchev–Trinajstić information content (AvgIpc) is 2.22. The van der Waals surface area contributed by atoms with E-state index in [0.717, 1.165) is 32.5 Å². The van der Waals surface area contributed by atoms with E-state index in [-0.39, 0.29) is 18.0 Å². The summed E-state index contributed by atoms with van der Waals surface area (Å²) in [5.74, 6) is 0.544. The minimum Gasteiger partial charge on any atom is -0.376 e. The molecule has 0 saturated heterocycles. The van der Waals surface area contributed by atoms with Gasteiger partial charge in [-0.05, 0) is 59.8 Å². The van der Waals surface area contributed by atoms with Gasteiger partial charge in [-0.1, -0.05) is 13.8 Å². The molecule has 0 rings (SSSR count). The number of hydrogen-bond donors (Lipinski definition) is 0. The molecule has 0 aliphatic rings. The Morgan fingerprint density at radius 2 is 1.58 bits per heavy atom. The van der Waals surface area contributed by atoms with Crippen LogP contribution in [0.2, 0.25) is 0 Å². The first-order valence-electron chi connectivity index (χ1n) is 7.61. The largest absolute Gasteiger partial charge is 0.376 e. The maximum atomic E-state index is 5.80. The second-order valence-corrected chi connectivity index (χ2v) is 6.80. The zero-order valence-electron chi connectivity index (χ0n) is 14.0. The van der Waals surface area contributed by atoms with Crippen molar-refractivity contribution in [3.05, 3.63) is 0 Å². The Morgan fingerprint density at radius 1 is 0.947 bits per heavy atom. The molecule has 0 aliphatic carbocycles. The topological polar surface area (TPSA) is 27.7 Å². The fourth-order valence-electron chi connectivity index (χ4n) is 1.59. The quantitative estimate of drug-likeness (QED) is 0.436. The third-order valence-corrected chi connectivity index (χ3v) is 2.41. The standard InChI is InChI=1S/C16H34O3/c1-13(2)12-17-15(19-14(3)4)10-8-9-11-18-16(5,6)7/h13-15H,8-12H2,1-7H3. The Bertz CT molecular complexity index is 207. The monoisotopic (exact) mass is 274 g/mol. The van der Waals surface area contributed by atoms with Crippen LogP contribution in [0.1, 0.15) is 67.7 Å². The molecule has 0 fully saturated rings. The predicted octanol–water partition coefficient (Wildman–Crippen LogP) is 4.40. The molecule has 0 saturated carbocycles. The normalized spacial score (nSPS) is 14.4. The van der Waals surface area contributed by atoms with Crippen molar-refractivity contribution in [1.29, 1.82) is 0 Å². The SMILES string of the molecule is CC(C)COC(CCCCOC(C)(C)C)OC(C)C. The molecule has 0 aromatic rings. The summed E-state index contributed by atoms with van der Waals surface area (Å²) < 4.78 is 17.3. The van der Waals surface area contributed by atoms with E-state index in [2.05, 4.69) is 48.5 Å². The Morgan fingerprint density at radius 3 is 2.05 bits per heavy atom. The molecule has 0 radical (unpaired) electrons. The van der Waals surface area contributed by atoms with Gasteiger partial charge in [0.2, 0.25) is 0 Å². The molecular weight excluding hydrogens is 240 g/mol. The minimum atomic E-state index is -0.0722.